The van der Waals surface area contributed by atoms with Crippen molar-refractivity contribution in [1.82, 2.24) is 8.87 Å². The van der Waals surface area contributed by atoms with Crippen LogP contribution in [0.2, 0.25) is 0 Å². The van der Waals surface area contributed by atoms with Crippen molar-refractivity contribution >= 4 is 29.0 Å². The number of benzene rings is 1. The molecule has 0 aliphatic carbocycles. The van der Waals surface area contributed by atoms with E-state index in [4.69, 9.17) is 5.73 Å². The topological polar surface area (TPSA) is 58.0 Å². The normalized spacial score (nSPS) is 14.3. The second-order valence-corrected chi connectivity index (χ2v) is 7.85. The summed E-state index contributed by atoms with van der Waals surface area (Å²) in [5, 5.41) is 10.6. The molecule has 0 saturated heterocycles. The lowest BCUT2D eigenvalue weighted by Crippen LogP contribution is -2.23. The first-order valence-electron chi connectivity index (χ1n) is 7.71. The van der Waals surface area contributed by atoms with Crippen LogP contribution in [-0.4, -0.2) is 15.4 Å². The van der Waals surface area contributed by atoms with Crippen LogP contribution in [0.1, 0.15) is 16.0 Å². The van der Waals surface area contributed by atoms with Gasteiger partial charge in [0.25, 0.3) is 0 Å². The Labute approximate surface area is 149 Å². The average molecular weight is 352 g/mol. The van der Waals surface area contributed by atoms with Gasteiger partial charge >= 0.3 is 0 Å². The molecule has 1 aliphatic rings. The molecule has 1 aliphatic heterocycles. The first kappa shape index (κ1) is 15.3. The highest BCUT2D eigenvalue weighted by Crippen LogP contribution is 2.39. The maximum absolute atomic E-state index is 9.61. The Morgan fingerprint density at radius 2 is 1.96 bits per heavy atom. The number of nitrogens with two attached hydrogens (primary N) is 1. The van der Waals surface area contributed by atoms with Crippen molar-refractivity contribution in [3.8, 4) is 11.1 Å². The van der Waals surface area contributed by atoms with E-state index in [0.717, 1.165) is 40.7 Å². The highest BCUT2D eigenvalue weighted by molar-refractivity contribution is 7.97. The van der Waals surface area contributed by atoms with Gasteiger partial charge < -0.3 is 10.3 Å². The highest BCUT2D eigenvalue weighted by Gasteiger charge is 2.25. The summed E-state index contributed by atoms with van der Waals surface area (Å²) < 4.78 is 4.36. The summed E-state index contributed by atoms with van der Waals surface area (Å²) >= 11 is 3.42. The molecule has 0 unspecified atom stereocenters. The number of nitriles is 1. The summed E-state index contributed by atoms with van der Waals surface area (Å²) in [4.78, 5) is 2.37. The van der Waals surface area contributed by atoms with E-state index >= 15 is 0 Å². The Hall–Kier alpha value is -2.20. The van der Waals surface area contributed by atoms with Crippen molar-refractivity contribution in [3.05, 3.63) is 64.8 Å². The molecule has 1 aromatic carbocycles. The first-order valence-corrected chi connectivity index (χ1v) is 9.30. The van der Waals surface area contributed by atoms with Gasteiger partial charge in [0.05, 0.1) is 5.56 Å². The minimum atomic E-state index is 0.810. The lowest BCUT2D eigenvalue weighted by Gasteiger charge is -2.25. The third-order valence-electron chi connectivity index (χ3n) is 4.10. The zero-order chi connectivity index (χ0) is 16.5. The number of thiophene rings is 1. The van der Waals surface area contributed by atoms with Crippen molar-refractivity contribution in [2.45, 2.75) is 17.9 Å². The maximum atomic E-state index is 9.61. The number of aromatic nitrogens is 1. The zero-order valence-electron chi connectivity index (χ0n) is 13.0. The van der Waals surface area contributed by atoms with Crippen LogP contribution in [0.3, 0.4) is 0 Å². The Balaban J connectivity index is 1.62. The van der Waals surface area contributed by atoms with E-state index in [2.05, 4.69) is 16.4 Å². The summed E-state index contributed by atoms with van der Waals surface area (Å²) in [6.07, 6.45) is 4.89. The molecule has 2 aromatic heterocycles. The molecule has 3 heterocycles. The minimum Gasteiger partial charge on any atom is -0.398 e. The second-order valence-electron chi connectivity index (χ2n) is 5.63. The molecule has 0 atom stereocenters. The van der Waals surface area contributed by atoms with E-state index in [1.165, 1.54) is 10.4 Å². The van der Waals surface area contributed by atoms with Gasteiger partial charge in [0, 0.05) is 40.9 Å². The number of rotatable bonds is 3. The van der Waals surface area contributed by atoms with Gasteiger partial charge in [-0.15, -0.1) is 11.3 Å². The summed E-state index contributed by atoms with van der Waals surface area (Å²) in [5.74, 6) is 0. The van der Waals surface area contributed by atoms with Crippen molar-refractivity contribution in [2.24, 2.45) is 0 Å². The van der Waals surface area contributed by atoms with E-state index in [1.807, 2.05) is 47.3 Å². The number of para-hydroxylation sites is 1. The lowest BCUT2D eigenvalue weighted by molar-refractivity contribution is 0.450. The highest BCUT2D eigenvalue weighted by atomic mass is 32.2. The van der Waals surface area contributed by atoms with Crippen LogP contribution >= 0.6 is 23.3 Å². The number of nitrogens with zero attached hydrogens (tertiary/aromatic N) is 3. The van der Waals surface area contributed by atoms with E-state index < -0.39 is 0 Å². The van der Waals surface area contributed by atoms with Crippen LogP contribution in [0.15, 0.2) is 53.7 Å². The Morgan fingerprint density at radius 1 is 1.17 bits per heavy atom. The minimum absolute atomic E-state index is 0.810. The van der Waals surface area contributed by atoms with Gasteiger partial charge in [-0.1, -0.05) is 12.1 Å². The van der Waals surface area contributed by atoms with Crippen molar-refractivity contribution in [2.75, 3.05) is 12.3 Å². The quantitative estimate of drug-likeness (QED) is 0.570. The molecule has 0 radical (unpaired) electrons. The first-order chi connectivity index (χ1) is 11.8. The third kappa shape index (κ3) is 2.71. The molecule has 0 amide bonds. The van der Waals surface area contributed by atoms with Crippen LogP contribution in [0.4, 0.5) is 5.69 Å². The van der Waals surface area contributed by atoms with Crippen LogP contribution in [0.25, 0.3) is 5.00 Å². The number of nitrogen functional groups attached to an aromatic ring is 1. The number of hydrogen-bond acceptors (Lipinski definition) is 5. The SMILES string of the molecule is N#Cc1c(-n2cccc2)sc2c1CCN(Sc1ccccc1N)C2. The molecule has 0 fully saturated rings. The lowest BCUT2D eigenvalue weighted by atomic mass is 10.1. The van der Waals surface area contributed by atoms with Gasteiger partial charge in [-0.2, -0.15) is 5.26 Å². The molecule has 24 heavy (non-hydrogen) atoms. The smallest absolute Gasteiger partial charge is 0.118 e. The van der Waals surface area contributed by atoms with Gasteiger partial charge in [0.15, 0.2) is 0 Å². The van der Waals surface area contributed by atoms with Crippen LogP contribution in [0.5, 0.6) is 0 Å². The second kappa shape index (κ2) is 6.36. The molecule has 0 saturated carbocycles. The van der Waals surface area contributed by atoms with Gasteiger partial charge in [-0.25, -0.2) is 4.31 Å². The third-order valence-corrected chi connectivity index (χ3v) is 6.47. The van der Waals surface area contributed by atoms with Crippen LogP contribution < -0.4 is 5.73 Å². The number of hydrogen-bond donors (Lipinski definition) is 1. The fourth-order valence-corrected chi connectivity index (χ4v) is 5.24. The molecule has 0 spiro atoms. The fourth-order valence-electron chi connectivity index (χ4n) is 2.91. The summed E-state index contributed by atoms with van der Waals surface area (Å²) in [5.41, 5.74) is 8.91. The molecular weight excluding hydrogens is 336 g/mol. The van der Waals surface area contributed by atoms with Gasteiger partial charge in [-0.05, 0) is 48.2 Å². The van der Waals surface area contributed by atoms with E-state index in [9.17, 15) is 5.26 Å². The average Bonchev–Trinajstić information content (AvgIpc) is 3.23. The fraction of sp³-hybridized carbons (Fsp3) is 0.167. The number of anilines is 1. The molecule has 0 bridgehead atoms. The Bertz CT molecular complexity index is 906. The van der Waals surface area contributed by atoms with E-state index in [-0.39, 0.29) is 0 Å². The standard InChI is InChI=1S/C18H16N4S2/c19-11-14-13-7-10-22(24-16-6-2-1-5-15(16)20)12-17(13)23-18(14)21-8-3-4-9-21/h1-6,8-9H,7,10,12,20H2. The van der Waals surface area contributed by atoms with Crippen molar-refractivity contribution in [1.29, 1.82) is 5.26 Å². The van der Waals surface area contributed by atoms with Gasteiger partial charge in [0.1, 0.15) is 11.1 Å². The molecule has 2 N–H and O–H groups in total. The number of fused-ring (bicyclic) bond motifs is 1. The van der Waals surface area contributed by atoms with E-state index in [0.29, 0.717) is 0 Å². The Kier molecular flexibility index (Phi) is 4.07. The molecular formula is C18H16N4S2. The van der Waals surface area contributed by atoms with Gasteiger partial charge in [0.2, 0.25) is 0 Å². The monoisotopic (exact) mass is 352 g/mol. The molecule has 120 valence electrons. The van der Waals surface area contributed by atoms with Crippen LogP contribution in [-0.2, 0) is 13.0 Å². The van der Waals surface area contributed by atoms with Crippen molar-refractivity contribution < 1.29 is 0 Å². The molecule has 6 heteroatoms. The molecule has 4 nitrogen and oxygen atoms in total. The van der Waals surface area contributed by atoms with E-state index in [1.54, 1.807) is 23.3 Å². The summed E-state index contributed by atoms with van der Waals surface area (Å²) in [7, 11) is 0. The predicted octanol–water partition coefficient (Wildman–Crippen LogP) is 4.06. The molecule has 3 aromatic rings. The predicted molar refractivity (Wildman–Crippen MR) is 99.2 cm³/mol. The zero-order valence-corrected chi connectivity index (χ0v) is 14.6. The van der Waals surface area contributed by atoms with Crippen molar-refractivity contribution in [3.63, 3.8) is 0 Å². The maximum Gasteiger partial charge on any atom is 0.118 e. The summed E-state index contributed by atoms with van der Waals surface area (Å²) in [6.45, 7) is 1.76. The molecule has 4 rings (SSSR count). The Morgan fingerprint density at radius 3 is 2.71 bits per heavy atom. The van der Waals surface area contributed by atoms with Crippen LogP contribution in [0, 0.1) is 11.3 Å². The van der Waals surface area contributed by atoms with Gasteiger partial charge in [-0.3, -0.25) is 0 Å². The largest absolute Gasteiger partial charge is 0.398 e. The summed E-state index contributed by atoms with van der Waals surface area (Å²) in [6, 6.07) is 14.3.